The number of carbonyl (C=O) groups excluding carboxylic acids is 1. The Kier molecular flexibility index (Phi) is 7.36. The van der Waals surface area contributed by atoms with E-state index in [-0.39, 0.29) is 22.1 Å². The first kappa shape index (κ1) is 22.9. The van der Waals surface area contributed by atoms with Gasteiger partial charge in [0.2, 0.25) is 0 Å². The van der Waals surface area contributed by atoms with Gasteiger partial charge in [-0.1, -0.05) is 68.5 Å². The number of nitrogens with one attached hydrogen (secondary N) is 1. The topological polar surface area (TPSA) is 38.3 Å². The molecule has 1 N–H and O–H groups in total. The highest BCUT2D eigenvalue weighted by molar-refractivity contribution is 6.78. The monoisotopic (exact) mass is 359 g/mol. The molecule has 0 saturated heterocycles. The van der Waals surface area contributed by atoms with Crippen LogP contribution in [0.15, 0.2) is 0 Å². The number of carbonyl (C=O) groups is 1. The molecule has 138 valence electrons. The minimum atomic E-state index is -2.08. The van der Waals surface area contributed by atoms with E-state index >= 15 is 0 Å². The molecule has 23 heavy (non-hydrogen) atoms. The third kappa shape index (κ3) is 6.71. The maximum atomic E-state index is 12.9. The van der Waals surface area contributed by atoms with Crippen molar-refractivity contribution in [2.75, 3.05) is 0 Å². The smallest absolute Gasteiger partial charge is 0.309 e. The van der Waals surface area contributed by atoms with Crippen LogP contribution in [0.1, 0.15) is 61.8 Å². The van der Waals surface area contributed by atoms with Crippen LogP contribution in [0.25, 0.3) is 0 Å². The van der Waals surface area contributed by atoms with Gasteiger partial charge in [-0.05, 0) is 35.5 Å². The van der Waals surface area contributed by atoms with Crippen LogP contribution in [0, 0.1) is 5.92 Å². The first-order valence-corrected chi connectivity index (χ1v) is 14.8. The summed E-state index contributed by atoms with van der Waals surface area (Å²) in [6, 6.07) is -0.190. The van der Waals surface area contributed by atoms with Crippen LogP contribution in [0.4, 0.5) is 0 Å². The number of hydrogen-bond donors (Lipinski definition) is 1. The average Bonchev–Trinajstić information content (AvgIpc) is 2.22. The van der Waals surface area contributed by atoms with Crippen molar-refractivity contribution < 1.29 is 9.22 Å². The van der Waals surface area contributed by atoms with Gasteiger partial charge in [0.15, 0.2) is 0 Å². The summed E-state index contributed by atoms with van der Waals surface area (Å²) in [6.07, 6.45) is 0.833. The molecule has 0 aliphatic heterocycles. The zero-order valence-electron chi connectivity index (χ0n) is 17.7. The third-order valence-electron chi connectivity index (χ3n) is 5.56. The summed E-state index contributed by atoms with van der Waals surface area (Å²) in [4.78, 5) is 16.6. The standard InChI is InChI=1S/C18H41NO2Si2/c1-14(2)13-15(19-22(9,10)17(3,4)5)16(20)21-23(11,12)18(6,7)8/h14-15,19H,13H2,1-12H3/t15-/m0/s1. The Labute approximate surface area is 147 Å². The van der Waals surface area contributed by atoms with Gasteiger partial charge in [0, 0.05) is 0 Å². The van der Waals surface area contributed by atoms with Crippen LogP contribution in [-0.4, -0.2) is 28.6 Å². The molecule has 0 amide bonds. The van der Waals surface area contributed by atoms with Gasteiger partial charge in [-0.15, -0.1) is 0 Å². The summed E-state index contributed by atoms with van der Waals surface area (Å²) in [5.74, 6) is 0.416. The molecule has 0 aromatic heterocycles. The molecule has 0 unspecified atom stereocenters. The van der Waals surface area contributed by atoms with Gasteiger partial charge in [-0.3, -0.25) is 4.79 Å². The van der Waals surface area contributed by atoms with Gasteiger partial charge in [0.1, 0.15) is 8.24 Å². The van der Waals surface area contributed by atoms with Crippen molar-refractivity contribution in [3.63, 3.8) is 0 Å². The third-order valence-corrected chi connectivity index (χ3v) is 14.7. The fourth-order valence-corrected chi connectivity index (χ4v) is 4.30. The highest BCUT2D eigenvalue weighted by Gasteiger charge is 2.44. The van der Waals surface area contributed by atoms with Crippen molar-refractivity contribution in [3.8, 4) is 0 Å². The van der Waals surface area contributed by atoms with E-state index in [2.05, 4.69) is 86.6 Å². The van der Waals surface area contributed by atoms with Gasteiger partial charge >= 0.3 is 5.97 Å². The second kappa shape index (κ2) is 7.40. The molecular formula is C18H41NO2Si2. The van der Waals surface area contributed by atoms with Gasteiger partial charge in [-0.2, -0.15) is 0 Å². The van der Waals surface area contributed by atoms with Gasteiger partial charge in [0.05, 0.1) is 6.04 Å². The summed E-state index contributed by atoms with van der Waals surface area (Å²) >= 11 is 0. The summed E-state index contributed by atoms with van der Waals surface area (Å²) < 4.78 is 6.08. The first-order chi connectivity index (χ1) is 9.91. The Morgan fingerprint density at radius 3 is 1.70 bits per heavy atom. The zero-order valence-corrected chi connectivity index (χ0v) is 19.7. The minimum absolute atomic E-state index is 0.0437. The lowest BCUT2D eigenvalue weighted by molar-refractivity contribution is -0.137. The van der Waals surface area contributed by atoms with Crippen molar-refractivity contribution in [3.05, 3.63) is 0 Å². The van der Waals surface area contributed by atoms with E-state index in [0.29, 0.717) is 5.92 Å². The SMILES string of the molecule is CC(C)C[C@H](N[Si](C)(C)C(C)(C)C)C(=O)O[Si](C)(C)C(C)(C)C. The Bertz CT molecular complexity index is 404. The van der Waals surface area contributed by atoms with Gasteiger partial charge < -0.3 is 9.41 Å². The lowest BCUT2D eigenvalue weighted by Gasteiger charge is -2.42. The molecule has 0 saturated carbocycles. The van der Waals surface area contributed by atoms with E-state index < -0.39 is 16.6 Å². The van der Waals surface area contributed by atoms with Crippen molar-refractivity contribution in [1.82, 2.24) is 4.98 Å². The Morgan fingerprint density at radius 1 is 0.957 bits per heavy atom. The van der Waals surface area contributed by atoms with E-state index in [1.54, 1.807) is 0 Å². The van der Waals surface area contributed by atoms with E-state index in [4.69, 9.17) is 4.43 Å². The average molecular weight is 360 g/mol. The van der Waals surface area contributed by atoms with Crippen molar-refractivity contribution >= 4 is 22.5 Å². The molecular weight excluding hydrogens is 318 g/mol. The van der Waals surface area contributed by atoms with Crippen LogP contribution < -0.4 is 4.98 Å². The maximum Gasteiger partial charge on any atom is 0.309 e. The lowest BCUT2D eigenvalue weighted by Crippen LogP contribution is -2.60. The van der Waals surface area contributed by atoms with Gasteiger partial charge in [0.25, 0.3) is 8.32 Å². The molecule has 0 aromatic carbocycles. The largest absolute Gasteiger partial charge is 0.518 e. The summed E-state index contributed by atoms with van der Waals surface area (Å²) in [5.41, 5.74) is 0. The fraction of sp³-hybridized carbons (Fsp3) is 0.944. The van der Waals surface area contributed by atoms with Crippen LogP contribution in [0.5, 0.6) is 0 Å². The van der Waals surface area contributed by atoms with Crippen LogP contribution >= 0.6 is 0 Å². The molecule has 3 nitrogen and oxygen atoms in total. The highest BCUT2D eigenvalue weighted by Crippen LogP contribution is 2.38. The predicted octanol–water partition coefficient (Wildman–Crippen LogP) is 5.54. The van der Waals surface area contributed by atoms with E-state index in [1.807, 2.05) is 0 Å². The summed E-state index contributed by atoms with van der Waals surface area (Å²) in [6.45, 7) is 26.5. The van der Waals surface area contributed by atoms with Crippen LogP contribution in [0.2, 0.25) is 36.3 Å². The zero-order chi connectivity index (χ0) is 18.9. The van der Waals surface area contributed by atoms with Crippen molar-refractivity contribution in [1.29, 1.82) is 0 Å². The normalized spacial score (nSPS) is 15.7. The minimum Gasteiger partial charge on any atom is -0.518 e. The van der Waals surface area contributed by atoms with Crippen molar-refractivity contribution in [2.45, 2.75) is 104 Å². The second-order valence-corrected chi connectivity index (χ2v) is 20.1. The summed E-state index contributed by atoms with van der Waals surface area (Å²) in [7, 11) is -3.83. The quantitative estimate of drug-likeness (QED) is 0.632. The lowest BCUT2D eigenvalue weighted by atomic mass is 10.1. The molecule has 5 heteroatoms. The first-order valence-electron chi connectivity index (χ1n) is 8.91. The molecule has 0 heterocycles. The molecule has 0 fully saturated rings. The Morgan fingerprint density at radius 2 is 1.39 bits per heavy atom. The Balaban J connectivity index is 5.31. The van der Waals surface area contributed by atoms with Crippen LogP contribution in [0.3, 0.4) is 0 Å². The van der Waals surface area contributed by atoms with Gasteiger partial charge in [-0.25, -0.2) is 0 Å². The van der Waals surface area contributed by atoms with E-state index in [1.165, 1.54) is 0 Å². The number of rotatable bonds is 6. The highest BCUT2D eigenvalue weighted by atomic mass is 28.4. The Hall–Kier alpha value is -0.136. The molecule has 0 aromatic rings. The molecule has 0 aliphatic carbocycles. The predicted molar refractivity (Wildman–Crippen MR) is 107 cm³/mol. The maximum absolute atomic E-state index is 12.9. The molecule has 1 atom stereocenters. The number of hydrogen-bond acceptors (Lipinski definition) is 3. The summed E-state index contributed by atoms with van der Waals surface area (Å²) in [5, 5.41) is 0.238. The van der Waals surface area contributed by atoms with E-state index in [9.17, 15) is 4.79 Å². The van der Waals surface area contributed by atoms with E-state index in [0.717, 1.165) is 6.42 Å². The van der Waals surface area contributed by atoms with Crippen LogP contribution in [-0.2, 0) is 9.22 Å². The molecule has 0 bridgehead atoms. The molecule has 0 radical (unpaired) electrons. The second-order valence-electron chi connectivity index (χ2n) is 10.4. The molecule has 0 rings (SSSR count). The molecule has 0 aliphatic rings. The van der Waals surface area contributed by atoms with Crippen molar-refractivity contribution in [2.24, 2.45) is 5.92 Å². The fourth-order valence-electron chi connectivity index (χ4n) is 1.81. The molecule has 0 spiro atoms.